The number of amides is 2. The Kier molecular flexibility index (Phi) is 9.86. The number of carbonyl (C=O) groups excluding carboxylic acids is 2. The predicted molar refractivity (Wildman–Crippen MR) is 141 cm³/mol. The lowest BCUT2D eigenvalue weighted by molar-refractivity contribution is -0.124. The molecule has 0 aliphatic heterocycles. The highest BCUT2D eigenvalue weighted by Gasteiger charge is 2.12. The zero-order chi connectivity index (χ0) is 25.9. The van der Waals surface area contributed by atoms with Gasteiger partial charge in [0.15, 0.2) is 11.5 Å². The Morgan fingerprint density at radius 1 is 1.11 bits per heavy atom. The maximum atomic E-state index is 12.1. The molecule has 3 aromatic carbocycles. The molecule has 0 radical (unpaired) electrons. The number of hydrazone groups is 1. The monoisotopic (exact) mass is 568 g/mol. The number of halogens is 2. The summed E-state index contributed by atoms with van der Waals surface area (Å²) in [5.74, 6) is 0.246. The van der Waals surface area contributed by atoms with Gasteiger partial charge in [-0.2, -0.15) is 10.4 Å². The number of hydrogen-bond acceptors (Lipinski definition) is 6. The minimum atomic E-state index is -0.408. The van der Waals surface area contributed by atoms with E-state index in [1.807, 2.05) is 12.1 Å². The molecule has 0 saturated carbocycles. The average Bonchev–Trinajstić information content (AvgIpc) is 2.88. The van der Waals surface area contributed by atoms with Gasteiger partial charge in [-0.15, -0.1) is 0 Å². The summed E-state index contributed by atoms with van der Waals surface area (Å²) >= 11 is 9.49. The highest BCUT2D eigenvalue weighted by molar-refractivity contribution is 9.10. The summed E-state index contributed by atoms with van der Waals surface area (Å²) in [6, 6.07) is 19.5. The van der Waals surface area contributed by atoms with Crippen molar-refractivity contribution >= 4 is 51.2 Å². The molecule has 0 bridgehead atoms. The summed E-state index contributed by atoms with van der Waals surface area (Å²) in [6.45, 7) is 0.286. The van der Waals surface area contributed by atoms with Gasteiger partial charge in [0, 0.05) is 12.8 Å². The van der Waals surface area contributed by atoms with Crippen molar-refractivity contribution in [2.24, 2.45) is 5.10 Å². The number of para-hydroxylation sites is 1. The Labute approximate surface area is 222 Å². The first-order chi connectivity index (χ1) is 17.4. The molecular weight excluding hydrogens is 548 g/mol. The summed E-state index contributed by atoms with van der Waals surface area (Å²) in [6.07, 6.45) is 1.40. The van der Waals surface area contributed by atoms with Gasteiger partial charge >= 0.3 is 0 Å². The number of rotatable bonds is 10. The smallest absolute Gasteiger partial charge is 0.240 e. The molecule has 8 nitrogen and oxygen atoms in total. The Morgan fingerprint density at radius 2 is 1.83 bits per heavy atom. The quantitative estimate of drug-likeness (QED) is 0.250. The predicted octanol–water partition coefficient (Wildman–Crippen LogP) is 5.43. The van der Waals surface area contributed by atoms with Gasteiger partial charge in [-0.25, -0.2) is 5.43 Å². The van der Waals surface area contributed by atoms with E-state index in [1.54, 1.807) is 48.5 Å². The average molecular weight is 570 g/mol. The normalized spacial score (nSPS) is 10.5. The van der Waals surface area contributed by atoms with Crippen LogP contribution in [0.4, 0.5) is 5.69 Å². The number of benzene rings is 3. The van der Waals surface area contributed by atoms with E-state index in [0.717, 1.165) is 5.56 Å². The summed E-state index contributed by atoms with van der Waals surface area (Å²) in [4.78, 5) is 24.1. The number of nitrogens with one attached hydrogen (secondary N) is 2. The van der Waals surface area contributed by atoms with Gasteiger partial charge in [0.2, 0.25) is 11.8 Å². The van der Waals surface area contributed by atoms with Gasteiger partial charge in [-0.3, -0.25) is 9.59 Å². The van der Waals surface area contributed by atoms with Gasteiger partial charge in [-0.1, -0.05) is 35.9 Å². The molecule has 0 atom stereocenters. The highest BCUT2D eigenvalue weighted by atomic mass is 79.9. The Bertz CT molecular complexity index is 1310. The van der Waals surface area contributed by atoms with E-state index >= 15 is 0 Å². The van der Waals surface area contributed by atoms with Crippen LogP contribution in [0.25, 0.3) is 0 Å². The molecule has 0 aromatic heterocycles. The Hall–Kier alpha value is -3.87. The van der Waals surface area contributed by atoms with Crippen LogP contribution < -0.4 is 20.2 Å². The minimum absolute atomic E-state index is 0.0166. The lowest BCUT2D eigenvalue weighted by atomic mass is 10.1. The van der Waals surface area contributed by atoms with Crippen LogP contribution in [0, 0.1) is 11.3 Å². The van der Waals surface area contributed by atoms with Gasteiger partial charge in [0.1, 0.15) is 6.61 Å². The minimum Gasteiger partial charge on any atom is -0.493 e. The topological polar surface area (TPSA) is 113 Å². The van der Waals surface area contributed by atoms with E-state index in [4.69, 9.17) is 26.3 Å². The molecule has 0 heterocycles. The number of anilines is 1. The molecule has 0 saturated heterocycles. The van der Waals surface area contributed by atoms with Crippen LogP contribution in [-0.4, -0.2) is 25.1 Å². The van der Waals surface area contributed by atoms with Crippen LogP contribution >= 0.6 is 27.5 Å². The van der Waals surface area contributed by atoms with E-state index in [-0.39, 0.29) is 25.4 Å². The lowest BCUT2D eigenvalue weighted by Crippen LogP contribution is -2.20. The van der Waals surface area contributed by atoms with Crippen molar-refractivity contribution in [3.05, 3.63) is 86.8 Å². The van der Waals surface area contributed by atoms with Crippen LogP contribution in [0.1, 0.15) is 29.5 Å². The van der Waals surface area contributed by atoms with Gasteiger partial charge in [-0.05, 0) is 63.5 Å². The van der Waals surface area contributed by atoms with Gasteiger partial charge < -0.3 is 14.8 Å². The fraction of sp³-hybridized carbons (Fsp3) is 0.154. The first-order valence-electron chi connectivity index (χ1n) is 10.7. The van der Waals surface area contributed by atoms with Crippen LogP contribution in [0.5, 0.6) is 11.5 Å². The third-order valence-electron chi connectivity index (χ3n) is 4.85. The SMILES string of the molecule is COc1cc(C=NNC(=O)CCC(=O)Nc2ccccc2Cl)cc(Br)c1OCc1ccc(C#N)cc1. The molecule has 0 aliphatic rings. The van der Waals surface area contributed by atoms with E-state index in [9.17, 15) is 9.59 Å². The second-order valence-corrected chi connectivity index (χ2v) is 8.71. The standard InChI is InChI=1S/C26H22BrClN4O4/c1-35-23-13-19(12-20(27)26(23)36-16-18-8-6-17(14-29)7-9-18)15-30-32-25(34)11-10-24(33)31-22-5-3-2-4-21(22)28/h2-9,12-13,15H,10-11,16H2,1H3,(H,31,33)(H,32,34). The van der Waals surface area contributed by atoms with Crippen molar-refractivity contribution in [3.63, 3.8) is 0 Å². The number of nitrogens with zero attached hydrogens (tertiary/aromatic N) is 2. The lowest BCUT2D eigenvalue weighted by Gasteiger charge is -2.13. The summed E-state index contributed by atoms with van der Waals surface area (Å²) in [7, 11) is 1.52. The maximum absolute atomic E-state index is 12.1. The second-order valence-electron chi connectivity index (χ2n) is 7.45. The molecule has 0 unspecified atom stereocenters. The van der Waals surface area contributed by atoms with Crippen LogP contribution in [-0.2, 0) is 16.2 Å². The summed E-state index contributed by atoms with van der Waals surface area (Å²) < 4.78 is 12.0. The van der Waals surface area contributed by atoms with E-state index < -0.39 is 5.91 Å². The number of hydrogen-bond donors (Lipinski definition) is 2. The molecule has 3 aromatic rings. The largest absolute Gasteiger partial charge is 0.493 e. The van der Waals surface area contributed by atoms with Crippen LogP contribution in [0.2, 0.25) is 5.02 Å². The molecule has 0 spiro atoms. The molecule has 0 aliphatic carbocycles. The van der Waals surface area contributed by atoms with Crippen molar-refractivity contribution in [1.82, 2.24) is 5.43 Å². The third kappa shape index (κ3) is 7.83. The van der Waals surface area contributed by atoms with Crippen LogP contribution in [0.3, 0.4) is 0 Å². The summed E-state index contributed by atoms with van der Waals surface area (Å²) in [5, 5.41) is 15.9. The van der Waals surface area contributed by atoms with Crippen molar-refractivity contribution in [2.45, 2.75) is 19.4 Å². The number of carbonyl (C=O) groups is 2. The number of ether oxygens (including phenoxy) is 2. The van der Waals surface area contributed by atoms with Crippen molar-refractivity contribution in [3.8, 4) is 17.6 Å². The van der Waals surface area contributed by atoms with Crippen LogP contribution in [0.15, 0.2) is 70.2 Å². The van der Waals surface area contributed by atoms with E-state index in [1.165, 1.54) is 13.3 Å². The number of methoxy groups -OCH3 is 1. The van der Waals surface area contributed by atoms with Gasteiger partial charge in [0.05, 0.1) is 40.1 Å². The van der Waals surface area contributed by atoms with E-state index in [0.29, 0.717) is 37.8 Å². The highest BCUT2D eigenvalue weighted by Crippen LogP contribution is 2.36. The van der Waals surface area contributed by atoms with Crippen molar-refractivity contribution in [2.75, 3.05) is 12.4 Å². The molecule has 184 valence electrons. The molecule has 2 amide bonds. The first-order valence-corrected chi connectivity index (χ1v) is 11.9. The first kappa shape index (κ1) is 26.7. The second kappa shape index (κ2) is 13.3. The Balaban J connectivity index is 1.52. The van der Waals surface area contributed by atoms with Crippen molar-refractivity contribution < 1.29 is 19.1 Å². The molecule has 36 heavy (non-hydrogen) atoms. The Morgan fingerprint density at radius 3 is 2.53 bits per heavy atom. The zero-order valence-electron chi connectivity index (χ0n) is 19.3. The number of nitriles is 1. The molecule has 3 rings (SSSR count). The molecule has 10 heteroatoms. The zero-order valence-corrected chi connectivity index (χ0v) is 21.6. The fourth-order valence-corrected chi connectivity index (χ4v) is 3.78. The molecule has 0 fully saturated rings. The summed E-state index contributed by atoms with van der Waals surface area (Å²) in [5.41, 5.74) is 5.03. The fourth-order valence-electron chi connectivity index (χ4n) is 3.02. The maximum Gasteiger partial charge on any atom is 0.240 e. The van der Waals surface area contributed by atoms with Gasteiger partial charge in [0.25, 0.3) is 0 Å². The van der Waals surface area contributed by atoms with E-state index in [2.05, 4.69) is 37.8 Å². The third-order valence-corrected chi connectivity index (χ3v) is 5.77. The van der Waals surface area contributed by atoms with Crippen molar-refractivity contribution in [1.29, 1.82) is 5.26 Å². The molecular formula is C26H22BrClN4O4. The molecule has 2 N–H and O–H groups in total.